The molecule has 0 aromatic heterocycles. The molecule has 1 fully saturated rings. The Labute approximate surface area is 109 Å². The van der Waals surface area contributed by atoms with Gasteiger partial charge in [0.2, 0.25) is 0 Å². The highest BCUT2D eigenvalue weighted by Gasteiger charge is 2.25. The molecule has 1 aromatic rings. The molecule has 1 aromatic carbocycles. The summed E-state index contributed by atoms with van der Waals surface area (Å²) in [4.78, 5) is 2.54. The molecule has 0 saturated carbocycles. The second-order valence-corrected chi connectivity index (χ2v) is 5.39. The molecule has 1 unspecified atom stereocenters. The normalized spacial score (nSPS) is 22.7. The Hall–Kier alpha value is -1.22. The summed E-state index contributed by atoms with van der Waals surface area (Å²) in [5.74, 6) is 0.697. The van der Waals surface area contributed by atoms with E-state index in [9.17, 15) is 0 Å². The van der Waals surface area contributed by atoms with Crippen LogP contribution in [0.1, 0.15) is 18.4 Å². The molecule has 98 valence electrons. The van der Waals surface area contributed by atoms with Crippen LogP contribution in [0.4, 0.5) is 11.4 Å². The van der Waals surface area contributed by atoms with Gasteiger partial charge in [-0.05, 0) is 37.0 Å². The van der Waals surface area contributed by atoms with Crippen LogP contribution in [0.5, 0.6) is 0 Å². The van der Waals surface area contributed by atoms with Gasteiger partial charge in [-0.1, -0.05) is 6.07 Å². The second kappa shape index (κ2) is 5.19. The average molecular weight is 246 g/mol. The minimum Gasteiger partial charge on any atom is -0.385 e. The van der Waals surface area contributed by atoms with Gasteiger partial charge in [-0.2, -0.15) is 0 Å². The quantitative estimate of drug-likeness (QED) is 0.887. The topological polar surface area (TPSA) is 24.5 Å². The summed E-state index contributed by atoms with van der Waals surface area (Å²) < 4.78 is 5.28. The van der Waals surface area contributed by atoms with E-state index in [1.165, 1.54) is 42.7 Å². The lowest BCUT2D eigenvalue weighted by atomic mass is 10.0. The molecule has 0 amide bonds. The number of ether oxygens (including phenoxy) is 1. The smallest absolute Gasteiger partial charge is 0.0508 e. The third kappa shape index (κ3) is 2.19. The molecule has 2 aliphatic rings. The van der Waals surface area contributed by atoms with E-state index >= 15 is 0 Å². The molecule has 0 bridgehead atoms. The van der Waals surface area contributed by atoms with Crippen LogP contribution in [0.25, 0.3) is 0 Å². The fourth-order valence-corrected chi connectivity index (χ4v) is 3.21. The van der Waals surface area contributed by atoms with Crippen molar-refractivity contribution in [1.29, 1.82) is 0 Å². The maximum absolute atomic E-state index is 5.28. The van der Waals surface area contributed by atoms with Gasteiger partial charge in [0.1, 0.15) is 0 Å². The maximum atomic E-state index is 5.28. The molecular formula is C15H22N2O. The number of fused-ring (bicyclic) bond motifs is 1. The van der Waals surface area contributed by atoms with E-state index in [1.54, 1.807) is 7.11 Å². The van der Waals surface area contributed by atoms with Crippen molar-refractivity contribution in [2.75, 3.05) is 43.6 Å². The van der Waals surface area contributed by atoms with Gasteiger partial charge >= 0.3 is 0 Å². The first-order valence-electron chi connectivity index (χ1n) is 6.98. The zero-order valence-corrected chi connectivity index (χ0v) is 11.1. The monoisotopic (exact) mass is 246 g/mol. The van der Waals surface area contributed by atoms with Crippen LogP contribution in [0.15, 0.2) is 18.2 Å². The molecular weight excluding hydrogens is 224 g/mol. The van der Waals surface area contributed by atoms with Gasteiger partial charge in [0.25, 0.3) is 0 Å². The van der Waals surface area contributed by atoms with Crippen molar-refractivity contribution < 1.29 is 4.74 Å². The SMILES string of the molecule is COCC1CCN(c2cccc3c2CCCN3)C1. The Balaban J connectivity index is 1.80. The minimum absolute atomic E-state index is 0.697. The van der Waals surface area contributed by atoms with Crippen LogP contribution in [-0.2, 0) is 11.2 Å². The molecule has 18 heavy (non-hydrogen) atoms. The fraction of sp³-hybridized carbons (Fsp3) is 0.600. The molecule has 0 aliphatic carbocycles. The van der Waals surface area contributed by atoms with Crippen molar-refractivity contribution in [3.63, 3.8) is 0 Å². The molecule has 1 atom stereocenters. The third-order valence-electron chi connectivity index (χ3n) is 4.10. The number of nitrogens with zero attached hydrogens (tertiary/aromatic N) is 1. The number of anilines is 2. The summed E-state index contributed by atoms with van der Waals surface area (Å²) in [5.41, 5.74) is 4.30. The van der Waals surface area contributed by atoms with E-state index in [2.05, 4.69) is 28.4 Å². The van der Waals surface area contributed by atoms with Crippen molar-refractivity contribution in [2.24, 2.45) is 5.92 Å². The highest BCUT2D eigenvalue weighted by Crippen LogP contribution is 2.34. The van der Waals surface area contributed by atoms with Gasteiger partial charge in [-0.25, -0.2) is 0 Å². The fourth-order valence-electron chi connectivity index (χ4n) is 3.21. The van der Waals surface area contributed by atoms with Gasteiger partial charge in [0, 0.05) is 44.0 Å². The summed E-state index contributed by atoms with van der Waals surface area (Å²) in [7, 11) is 1.80. The zero-order chi connectivity index (χ0) is 12.4. The van der Waals surface area contributed by atoms with Crippen LogP contribution in [0.3, 0.4) is 0 Å². The van der Waals surface area contributed by atoms with E-state index in [-0.39, 0.29) is 0 Å². The first kappa shape index (κ1) is 11.8. The minimum atomic E-state index is 0.697. The van der Waals surface area contributed by atoms with Gasteiger partial charge in [-0.3, -0.25) is 0 Å². The molecule has 1 N–H and O–H groups in total. The number of hydrogen-bond donors (Lipinski definition) is 1. The lowest BCUT2D eigenvalue weighted by molar-refractivity contribution is 0.161. The predicted molar refractivity (Wildman–Crippen MR) is 75.4 cm³/mol. The molecule has 0 radical (unpaired) electrons. The van der Waals surface area contributed by atoms with Crippen molar-refractivity contribution in [3.8, 4) is 0 Å². The van der Waals surface area contributed by atoms with Gasteiger partial charge < -0.3 is 15.0 Å². The Morgan fingerprint density at radius 2 is 2.39 bits per heavy atom. The van der Waals surface area contributed by atoms with Crippen molar-refractivity contribution in [3.05, 3.63) is 23.8 Å². The summed E-state index contributed by atoms with van der Waals surface area (Å²) >= 11 is 0. The predicted octanol–water partition coefficient (Wildman–Crippen LogP) is 2.52. The number of benzene rings is 1. The van der Waals surface area contributed by atoms with Crippen molar-refractivity contribution >= 4 is 11.4 Å². The Kier molecular flexibility index (Phi) is 3.41. The van der Waals surface area contributed by atoms with Crippen LogP contribution in [-0.4, -0.2) is 33.4 Å². The van der Waals surface area contributed by atoms with Gasteiger partial charge in [0.15, 0.2) is 0 Å². The van der Waals surface area contributed by atoms with E-state index < -0.39 is 0 Å². The summed E-state index contributed by atoms with van der Waals surface area (Å²) in [6, 6.07) is 6.66. The number of nitrogens with one attached hydrogen (secondary N) is 1. The molecule has 3 nitrogen and oxygen atoms in total. The van der Waals surface area contributed by atoms with E-state index in [1.807, 2.05) is 0 Å². The van der Waals surface area contributed by atoms with Crippen LogP contribution in [0.2, 0.25) is 0 Å². The standard InChI is InChI=1S/C15H22N2O/c1-18-11-12-7-9-17(10-12)15-6-2-5-14-13(15)4-3-8-16-14/h2,5-6,12,16H,3-4,7-11H2,1H3. The molecule has 3 heteroatoms. The average Bonchev–Trinajstić information content (AvgIpc) is 2.87. The first-order valence-corrected chi connectivity index (χ1v) is 6.98. The Morgan fingerprint density at radius 1 is 1.44 bits per heavy atom. The number of hydrogen-bond acceptors (Lipinski definition) is 3. The highest BCUT2D eigenvalue weighted by molar-refractivity contribution is 5.68. The third-order valence-corrected chi connectivity index (χ3v) is 4.10. The van der Waals surface area contributed by atoms with Crippen molar-refractivity contribution in [2.45, 2.75) is 19.3 Å². The molecule has 1 saturated heterocycles. The largest absolute Gasteiger partial charge is 0.385 e. The summed E-state index contributed by atoms with van der Waals surface area (Å²) in [6.07, 6.45) is 3.72. The van der Waals surface area contributed by atoms with E-state index in [4.69, 9.17) is 4.74 Å². The van der Waals surface area contributed by atoms with Crippen LogP contribution < -0.4 is 10.2 Å². The Bertz CT molecular complexity index is 419. The highest BCUT2D eigenvalue weighted by atomic mass is 16.5. The summed E-state index contributed by atoms with van der Waals surface area (Å²) in [5, 5.41) is 3.51. The van der Waals surface area contributed by atoms with Crippen LogP contribution in [0, 0.1) is 5.92 Å². The van der Waals surface area contributed by atoms with E-state index in [0.29, 0.717) is 5.92 Å². The Morgan fingerprint density at radius 3 is 3.28 bits per heavy atom. The van der Waals surface area contributed by atoms with Crippen molar-refractivity contribution in [1.82, 2.24) is 0 Å². The van der Waals surface area contributed by atoms with Gasteiger partial charge in [-0.15, -0.1) is 0 Å². The van der Waals surface area contributed by atoms with Crippen LogP contribution >= 0.6 is 0 Å². The molecule has 2 heterocycles. The van der Waals surface area contributed by atoms with E-state index in [0.717, 1.165) is 19.7 Å². The zero-order valence-electron chi connectivity index (χ0n) is 11.1. The second-order valence-electron chi connectivity index (χ2n) is 5.39. The molecule has 3 rings (SSSR count). The maximum Gasteiger partial charge on any atom is 0.0508 e. The molecule has 0 spiro atoms. The molecule has 2 aliphatic heterocycles. The number of rotatable bonds is 3. The number of methoxy groups -OCH3 is 1. The van der Waals surface area contributed by atoms with Gasteiger partial charge in [0.05, 0.1) is 6.61 Å². The lowest BCUT2D eigenvalue weighted by Gasteiger charge is -2.27. The summed E-state index contributed by atoms with van der Waals surface area (Å²) in [6.45, 7) is 4.32. The lowest BCUT2D eigenvalue weighted by Crippen LogP contribution is -2.24. The first-order chi connectivity index (χ1) is 8.88.